The van der Waals surface area contributed by atoms with Gasteiger partial charge in [-0.15, -0.1) is 15.2 Å². The monoisotopic (exact) mass is 1830 g/mol. The van der Waals surface area contributed by atoms with Crippen molar-refractivity contribution in [3.8, 4) is 0 Å². The van der Waals surface area contributed by atoms with Crippen molar-refractivity contribution in [2.24, 2.45) is 11.5 Å². The first-order chi connectivity index (χ1) is 51.0. The Kier molecular flexibility index (Phi) is 92.5. The predicted molar refractivity (Wildman–Crippen MR) is 381 cm³/mol. The average Bonchev–Trinajstić information content (AvgIpc) is 1.76. The maximum absolute atomic E-state index is 10.7. The summed E-state index contributed by atoms with van der Waals surface area (Å²) in [6.07, 6.45) is 0.0298. The van der Waals surface area contributed by atoms with Crippen LogP contribution in [0.2, 0.25) is 0 Å². The summed E-state index contributed by atoms with van der Waals surface area (Å²) in [4.78, 5) is 199. The molecule has 2 unspecified atom stereocenters. The molecule has 11 amide bonds. The number of halogens is 1. The Morgan fingerprint density at radius 1 is 0.596 bits per heavy atom. The molecule has 4 aliphatic rings. The van der Waals surface area contributed by atoms with E-state index < -0.39 is 122 Å². The number of nitrogens with one attached hydrogen (secondary N) is 3. The Balaban J connectivity index is -0.0000000991. The topological polar surface area (TPSA) is 762 Å². The van der Waals surface area contributed by atoms with E-state index in [0.29, 0.717) is 40.9 Å². The van der Waals surface area contributed by atoms with Crippen molar-refractivity contribution in [2.75, 3.05) is 84.8 Å². The van der Waals surface area contributed by atoms with Gasteiger partial charge in [-0.2, -0.15) is 0 Å². The molecule has 114 heavy (non-hydrogen) atoms. The number of non-ortho nitro benzene ring substituents is 1. The second kappa shape index (κ2) is 79.9. The second-order valence-corrected chi connectivity index (χ2v) is 26.1. The molecule has 654 valence electrons. The van der Waals surface area contributed by atoms with Crippen LogP contribution in [0, 0.1) is 17.0 Å². The van der Waals surface area contributed by atoms with Crippen LogP contribution >= 0.6 is 0 Å². The number of nitro benzene ring substituents is 1. The summed E-state index contributed by atoms with van der Waals surface area (Å²) in [6, 6.07) is 6.43. The number of hydrogen-bond donors (Lipinski definition) is 11. The van der Waals surface area contributed by atoms with Crippen molar-refractivity contribution in [1.29, 1.82) is 0 Å². The zero-order valence-electron chi connectivity index (χ0n) is 63.9. The number of carboxylic acid groups (broad SMARTS) is 1. The number of rotatable bonds is 19. The van der Waals surface area contributed by atoms with E-state index in [1.54, 1.807) is 26.0 Å². The maximum atomic E-state index is 10.7. The van der Waals surface area contributed by atoms with Crippen LogP contribution in [0.3, 0.4) is 0 Å². The molecule has 0 aromatic heterocycles. The summed E-state index contributed by atoms with van der Waals surface area (Å²) in [6.45, 7) is 20.8. The van der Waals surface area contributed by atoms with Crippen molar-refractivity contribution in [3.05, 3.63) is 63.9 Å². The number of aliphatic hydroxyl groups is 5. The zero-order chi connectivity index (χ0) is 89.0. The number of aldehydes is 1. The van der Waals surface area contributed by atoms with Crippen LogP contribution < -0.4 is 113 Å². The summed E-state index contributed by atoms with van der Waals surface area (Å²) in [5.41, 5.74) is 11.0. The Morgan fingerprint density at radius 2 is 0.886 bits per heavy atom. The minimum atomic E-state index is -5.94. The first-order valence-corrected chi connectivity index (χ1v) is 38.1. The summed E-state index contributed by atoms with van der Waals surface area (Å²) in [5.74, 6) is -6.35. The molecule has 0 spiro atoms. The Morgan fingerprint density at radius 3 is 1.05 bits per heavy atom. The molecule has 0 radical (unpaired) electrons. The van der Waals surface area contributed by atoms with Crippen LogP contribution in [0.4, 0.5) is 10.5 Å². The quantitative estimate of drug-likeness (QED) is 0.0117. The minimum absolute atomic E-state index is 0. The summed E-state index contributed by atoms with van der Waals surface area (Å²) in [5, 5.41) is 68.6. The smallest absolute Gasteiger partial charge is 0.481 e. The number of sulfone groups is 2. The molecule has 4 heterocycles. The van der Waals surface area contributed by atoms with Crippen LogP contribution in [0.25, 0.3) is 0 Å². The Hall–Kier alpha value is -8.28. The molecule has 1 aromatic rings. The fraction of sp³-hybridized carbons (Fsp3) is 0.565. The third-order valence-corrected chi connectivity index (χ3v) is 12.6. The average molecular weight is 1830 g/mol. The zero-order valence-corrected chi connectivity index (χ0v) is 70.8. The number of methoxy groups -OCH3 is 1. The predicted octanol–water partition coefficient (Wildman–Crippen LogP) is -12.8. The van der Waals surface area contributed by atoms with Gasteiger partial charge in [0.15, 0.2) is 19.7 Å². The molecular formula is C62H108IKN10O38S2. The van der Waals surface area contributed by atoms with Gasteiger partial charge in [0.2, 0.25) is 29.5 Å². The van der Waals surface area contributed by atoms with E-state index in [0.717, 1.165) is 44.1 Å². The Labute approximate surface area is 708 Å². The number of hydrogen-bond acceptors (Lipinski definition) is 39. The molecule has 48 nitrogen and oxygen atoms in total. The summed E-state index contributed by atoms with van der Waals surface area (Å²) >= 11 is -5.94. The van der Waals surface area contributed by atoms with Gasteiger partial charge in [-0.25, -0.2) is 36.0 Å². The molecule has 4 saturated heterocycles. The van der Waals surface area contributed by atoms with Crippen molar-refractivity contribution >= 4 is 127 Å². The number of carboxylic acids is 1. The molecule has 13 N–H and O–H groups in total. The van der Waals surface area contributed by atoms with E-state index in [-0.39, 0.29) is 204 Å². The number of likely N-dealkylation sites (tertiary alicyclic amines) is 1. The number of nitrogens with zero attached hydrogens (tertiary/aromatic N) is 5. The number of nitro groups is 1. The van der Waals surface area contributed by atoms with Crippen molar-refractivity contribution in [3.63, 3.8) is 0 Å². The number of carbonyl (C=O) groups is 17. The number of ether oxygens (including phenoxy) is 2. The maximum Gasteiger partial charge on any atom is 1.00 e. The van der Waals surface area contributed by atoms with Crippen molar-refractivity contribution < 1.29 is 243 Å². The number of amides is 11. The van der Waals surface area contributed by atoms with E-state index in [2.05, 4.69) is 53.1 Å². The van der Waals surface area contributed by atoms with E-state index in [1.165, 1.54) is 52.0 Å². The van der Waals surface area contributed by atoms with Gasteiger partial charge in [0.25, 0.3) is 47.1 Å². The molecule has 4 fully saturated rings. The van der Waals surface area contributed by atoms with Gasteiger partial charge in [-0.1, -0.05) is 45.7 Å². The van der Waals surface area contributed by atoms with Crippen LogP contribution in [-0.2, 0) is 120 Å². The second-order valence-electron chi connectivity index (χ2n) is 19.8. The van der Waals surface area contributed by atoms with E-state index in [4.69, 9.17) is 60.6 Å². The summed E-state index contributed by atoms with van der Waals surface area (Å²) in [7, 11) is -3.41. The molecule has 0 bridgehead atoms. The minimum Gasteiger partial charge on any atom is -0.481 e. The summed E-state index contributed by atoms with van der Waals surface area (Å²) < 4.78 is 85.2. The molecule has 52 heteroatoms. The van der Waals surface area contributed by atoms with Crippen molar-refractivity contribution in [2.45, 2.75) is 148 Å². The third kappa shape index (κ3) is 96.1. The van der Waals surface area contributed by atoms with Gasteiger partial charge in [-0.05, 0) is 20.8 Å². The van der Waals surface area contributed by atoms with Crippen LogP contribution in [0.5, 0.6) is 0 Å². The van der Waals surface area contributed by atoms with E-state index in [1.807, 2.05) is 6.92 Å². The van der Waals surface area contributed by atoms with Gasteiger partial charge in [-0.3, -0.25) is 86.3 Å². The van der Waals surface area contributed by atoms with E-state index in [9.17, 15) is 104 Å². The fourth-order valence-electron chi connectivity index (χ4n) is 5.18. The molecule has 0 saturated carbocycles. The molecular weight excluding hydrogens is 1720 g/mol. The number of carbonyl (C=O) groups excluding carboxylic acids is 16. The normalized spacial score (nSPS) is 12.7. The van der Waals surface area contributed by atoms with Crippen LogP contribution in [-0.4, -0.2) is 271 Å². The number of imide groups is 4. The van der Waals surface area contributed by atoms with Gasteiger partial charge < -0.3 is 86.8 Å². The van der Waals surface area contributed by atoms with Gasteiger partial charge in [0.1, 0.15) is 26.4 Å². The standard InChI is InChI=1S/C7H7NO2.3C6H7NO4.C6H11NO3S.C5H11NO3.C5H7NO2.C4H9NO2S.C4H7NO2.C4H8O3.C3H9NO2.C2H4O2.C2H6O.2CH4.IO4.K/c1-6-2-4-7(5-3-6)8(9)10;3*1-4(8)11-7-5(9)2-3-6(7)10;1-3-11(9,10)5-4-7-6(2)8;1-4(8)6-2-5(9)3-7;1-6-4(7)2-3-5(6)8;1-2-8(6,7)4-3-5;1-4(7)5-2-3-6;1-3-7-4(5)6-2;4-1-3(6)2-5;1-2(3)4;1-2-3;;;2-1(3,4)5;/h2-5H,1H3;3*2-3H2,1H3;3H,1,4-5H2,2H3,(H,7,8);5,7,9H,2-3H2,1H3,(H,6,8);2-3H2,1H3;2H,1,3-5H2;3H,2H2,1H3,(H,5,7);3H2,1-2H3;3,5-6H,1-2,4H2;1H3,(H,3,4);3H,2H2,1H3;2*1H4;;/q;;;;;;;;;;;;;;;-1;+1. The number of hydroxylamine groups is 6. The fourth-order valence-corrected chi connectivity index (χ4v) is 6.23. The molecule has 2 atom stereocenters. The van der Waals surface area contributed by atoms with Crippen LogP contribution in [0.1, 0.15) is 134 Å². The van der Waals surface area contributed by atoms with E-state index >= 15 is 0 Å². The van der Waals surface area contributed by atoms with Gasteiger partial charge in [0.05, 0.1) is 62.1 Å². The number of aliphatic carboxylic acids is 1. The SMILES string of the molecule is C.C.C=CS(=O)(=O)CCN.C=CS(=O)(=O)CCNC(C)=O.CC(=O)NCC(O)CO.CC(=O)NCC=O.CC(=O)O.CC(=O)ON1C(=O)CCC1=O.CC(=O)ON1C(=O)CCC1=O.CC(=O)ON1C(=O)CCC1=O.CCO.CCOC(=O)OC.CN1C(=O)CCC1=O.Cc1ccc([N+](=O)[O-])cc1.NCC(O)CO.[K+].[O-][I+3]([O-])([O-])[O-]. The first kappa shape index (κ1) is 132. The largest absolute Gasteiger partial charge is 1.00 e. The van der Waals surface area contributed by atoms with Crippen LogP contribution in [0.15, 0.2) is 48.2 Å². The third-order valence-electron chi connectivity index (χ3n) is 10.0. The Bertz CT molecular complexity index is 3120. The molecule has 5 rings (SSSR count). The molecule has 1 aromatic carbocycles. The molecule has 0 aliphatic carbocycles. The molecule has 4 aliphatic heterocycles. The van der Waals surface area contributed by atoms with Gasteiger partial charge in [0, 0.05) is 163 Å². The van der Waals surface area contributed by atoms with Crippen molar-refractivity contribution in [1.82, 2.24) is 36.0 Å². The number of nitrogens with two attached hydrogens (primary N) is 2. The number of benzene rings is 1. The first-order valence-electron chi connectivity index (χ1n) is 31.2. The number of aryl methyl sites for hydroxylation is 1. The van der Waals surface area contributed by atoms with Gasteiger partial charge >= 0.3 is 75.4 Å². The number of aliphatic hydroxyl groups excluding tert-OH is 5.